The Balaban J connectivity index is 1.85. The Kier molecular flexibility index (Phi) is 4.56. The average molecular weight is 267 g/mol. The molecule has 2 aromatic rings. The summed E-state index contributed by atoms with van der Waals surface area (Å²) in [4.78, 5) is 11.7. The van der Waals surface area contributed by atoms with Crippen molar-refractivity contribution >= 4 is 11.8 Å². The third-order valence-corrected chi connectivity index (χ3v) is 2.87. The first kappa shape index (κ1) is 13.9. The molecule has 102 valence electrons. The molecule has 3 heteroatoms. The van der Waals surface area contributed by atoms with Gasteiger partial charge in [0.1, 0.15) is 6.61 Å². The molecule has 0 heterocycles. The van der Waals surface area contributed by atoms with Gasteiger partial charge in [0, 0.05) is 5.70 Å². The van der Waals surface area contributed by atoms with Crippen LogP contribution in [0.2, 0.25) is 0 Å². The summed E-state index contributed by atoms with van der Waals surface area (Å²) in [5, 5.41) is 2.63. The molecule has 0 atom stereocenters. The minimum atomic E-state index is -0.501. The second-order valence-electron chi connectivity index (χ2n) is 4.53. The predicted molar refractivity (Wildman–Crippen MR) is 80.0 cm³/mol. The Bertz CT molecular complexity index is 588. The Labute approximate surface area is 118 Å². The van der Waals surface area contributed by atoms with E-state index in [-0.39, 0.29) is 6.61 Å². The number of nitrogens with one attached hydrogen (secondary N) is 1. The van der Waals surface area contributed by atoms with E-state index in [1.807, 2.05) is 61.5 Å². The van der Waals surface area contributed by atoms with Crippen molar-refractivity contribution in [2.45, 2.75) is 13.5 Å². The lowest BCUT2D eigenvalue weighted by Gasteiger charge is -2.09. The second-order valence-corrected chi connectivity index (χ2v) is 4.53. The van der Waals surface area contributed by atoms with Crippen LogP contribution in [0.25, 0.3) is 5.70 Å². The number of hydrogen-bond donors (Lipinski definition) is 1. The molecule has 0 aliphatic rings. The quantitative estimate of drug-likeness (QED) is 0.912. The van der Waals surface area contributed by atoms with Crippen molar-refractivity contribution in [2.24, 2.45) is 0 Å². The van der Waals surface area contributed by atoms with Crippen molar-refractivity contribution < 1.29 is 9.53 Å². The molecule has 3 nitrogen and oxygen atoms in total. The highest BCUT2D eigenvalue weighted by Gasteiger charge is 2.06. The van der Waals surface area contributed by atoms with Crippen molar-refractivity contribution in [2.75, 3.05) is 0 Å². The number of ether oxygens (including phenoxy) is 1. The maximum Gasteiger partial charge on any atom is 0.411 e. The zero-order valence-electron chi connectivity index (χ0n) is 11.4. The van der Waals surface area contributed by atoms with Crippen molar-refractivity contribution in [1.29, 1.82) is 0 Å². The Morgan fingerprint density at radius 3 is 2.40 bits per heavy atom. The third kappa shape index (κ3) is 3.99. The van der Waals surface area contributed by atoms with E-state index in [2.05, 4.69) is 11.9 Å². The van der Waals surface area contributed by atoms with Crippen LogP contribution in [-0.4, -0.2) is 6.09 Å². The van der Waals surface area contributed by atoms with Crippen LogP contribution in [0, 0.1) is 6.92 Å². The van der Waals surface area contributed by atoms with Gasteiger partial charge >= 0.3 is 6.09 Å². The van der Waals surface area contributed by atoms with E-state index in [4.69, 9.17) is 4.74 Å². The van der Waals surface area contributed by atoms with Crippen LogP contribution in [0.1, 0.15) is 16.7 Å². The summed E-state index contributed by atoms with van der Waals surface area (Å²) in [6.07, 6.45) is -0.501. The molecule has 1 amide bonds. The molecule has 0 unspecified atom stereocenters. The largest absolute Gasteiger partial charge is 0.444 e. The number of carbonyl (C=O) groups is 1. The molecule has 0 saturated heterocycles. The summed E-state index contributed by atoms with van der Waals surface area (Å²) >= 11 is 0. The normalized spacial score (nSPS) is 9.85. The second kappa shape index (κ2) is 6.57. The zero-order chi connectivity index (χ0) is 14.4. The number of amides is 1. The smallest absolute Gasteiger partial charge is 0.411 e. The van der Waals surface area contributed by atoms with Crippen molar-refractivity contribution in [3.05, 3.63) is 77.9 Å². The number of rotatable bonds is 4. The molecule has 20 heavy (non-hydrogen) atoms. The van der Waals surface area contributed by atoms with Gasteiger partial charge in [0.15, 0.2) is 0 Å². The lowest BCUT2D eigenvalue weighted by molar-refractivity contribution is 0.144. The van der Waals surface area contributed by atoms with Crippen LogP contribution in [0.4, 0.5) is 4.79 Å². The van der Waals surface area contributed by atoms with Crippen molar-refractivity contribution in [3.8, 4) is 0 Å². The van der Waals surface area contributed by atoms with Gasteiger partial charge in [-0.1, -0.05) is 66.7 Å². The summed E-state index contributed by atoms with van der Waals surface area (Å²) in [6, 6.07) is 17.3. The van der Waals surface area contributed by atoms with Gasteiger partial charge < -0.3 is 4.74 Å². The van der Waals surface area contributed by atoms with E-state index in [1.54, 1.807) is 0 Å². The van der Waals surface area contributed by atoms with E-state index in [0.717, 1.165) is 16.7 Å². The molecule has 2 aromatic carbocycles. The molecular formula is C17H17NO2. The highest BCUT2D eigenvalue weighted by atomic mass is 16.5. The molecule has 1 N–H and O–H groups in total. The maximum atomic E-state index is 11.7. The minimum Gasteiger partial charge on any atom is -0.444 e. The van der Waals surface area contributed by atoms with Crippen LogP contribution in [0.5, 0.6) is 0 Å². The molecule has 0 aromatic heterocycles. The highest BCUT2D eigenvalue weighted by Crippen LogP contribution is 2.11. The lowest BCUT2D eigenvalue weighted by Crippen LogP contribution is -2.22. The van der Waals surface area contributed by atoms with Crippen LogP contribution >= 0.6 is 0 Å². The van der Waals surface area contributed by atoms with E-state index in [0.29, 0.717) is 5.70 Å². The van der Waals surface area contributed by atoms with Crippen LogP contribution in [0.15, 0.2) is 61.2 Å². The summed E-state index contributed by atoms with van der Waals surface area (Å²) in [5.74, 6) is 0. The van der Waals surface area contributed by atoms with Gasteiger partial charge in [-0.3, -0.25) is 5.32 Å². The Hall–Kier alpha value is -2.55. The highest BCUT2D eigenvalue weighted by molar-refractivity contribution is 5.80. The number of hydrogen-bond acceptors (Lipinski definition) is 2. The monoisotopic (exact) mass is 267 g/mol. The summed E-state index contributed by atoms with van der Waals surface area (Å²) in [7, 11) is 0. The SMILES string of the molecule is C=C(NC(=O)OCc1ccccc1)c1ccc(C)cc1. The van der Waals surface area contributed by atoms with Gasteiger partial charge in [-0.2, -0.15) is 0 Å². The summed E-state index contributed by atoms with van der Waals surface area (Å²) < 4.78 is 5.13. The first-order valence-corrected chi connectivity index (χ1v) is 6.39. The first-order chi connectivity index (χ1) is 9.65. The van der Waals surface area contributed by atoms with E-state index in [9.17, 15) is 4.79 Å². The van der Waals surface area contributed by atoms with Crippen molar-refractivity contribution in [3.63, 3.8) is 0 Å². The molecule has 0 bridgehead atoms. The number of alkyl carbamates (subject to hydrolysis) is 1. The van der Waals surface area contributed by atoms with Gasteiger partial charge in [0.05, 0.1) is 0 Å². The molecule has 2 rings (SSSR count). The van der Waals surface area contributed by atoms with Crippen LogP contribution in [0.3, 0.4) is 0 Å². The fourth-order valence-corrected chi connectivity index (χ4v) is 1.71. The average Bonchev–Trinajstić information content (AvgIpc) is 2.47. The third-order valence-electron chi connectivity index (χ3n) is 2.87. The van der Waals surface area contributed by atoms with Gasteiger partial charge in [0.2, 0.25) is 0 Å². The van der Waals surface area contributed by atoms with Crippen LogP contribution < -0.4 is 5.32 Å². The van der Waals surface area contributed by atoms with Crippen LogP contribution in [-0.2, 0) is 11.3 Å². The zero-order valence-corrected chi connectivity index (χ0v) is 11.4. The summed E-state index contributed by atoms with van der Waals surface area (Å²) in [5.41, 5.74) is 3.51. The maximum absolute atomic E-state index is 11.7. The topological polar surface area (TPSA) is 38.3 Å². The fraction of sp³-hybridized carbons (Fsp3) is 0.118. The molecule has 0 aliphatic heterocycles. The lowest BCUT2D eigenvalue weighted by atomic mass is 10.1. The molecule has 0 fully saturated rings. The number of carbonyl (C=O) groups excluding carboxylic acids is 1. The standard InChI is InChI=1S/C17H17NO2/c1-13-8-10-16(11-9-13)14(2)18-17(19)20-12-15-6-4-3-5-7-15/h3-11H,2,12H2,1H3,(H,18,19). The predicted octanol–water partition coefficient (Wildman–Crippen LogP) is 3.89. The van der Waals surface area contributed by atoms with E-state index >= 15 is 0 Å². The first-order valence-electron chi connectivity index (χ1n) is 6.39. The van der Waals surface area contributed by atoms with Gasteiger partial charge in [0.25, 0.3) is 0 Å². The molecule has 0 spiro atoms. The minimum absolute atomic E-state index is 0.244. The number of aryl methyl sites for hydroxylation is 1. The summed E-state index contributed by atoms with van der Waals surface area (Å²) in [6.45, 7) is 6.09. The number of benzene rings is 2. The van der Waals surface area contributed by atoms with E-state index < -0.39 is 6.09 Å². The Morgan fingerprint density at radius 2 is 1.75 bits per heavy atom. The molecular weight excluding hydrogens is 250 g/mol. The van der Waals surface area contributed by atoms with E-state index in [1.165, 1.54) is 0 Å². The van der Waals surface area contributed by atoms with Gasteiger partial charge in [-0.05, 0) is 18.1 Å². The molecule has 0 radical (unpaired) electrons. The molecule has 0 saturated carbocycles. The van der Waals surface area contributed by atoms with Gasteiger partial charge in [-0.25, -0.2) is 4.79 Å². The van der Waals surface area contributed by atoms with Crippen molar-refractivity contribution in [1.82, 2.24) is 5.32 Å². The molecule has 0 aliphatic carbocycles. The van der Waals surface area contributed by atoms with Gasteiger partial charge in [-0.15, -0.1) is 0 Å². The Morgan fingerprint density at radius 1 is 1.10 bits per heavy atom. The fourth-order valence-electron chi connectivity index (χ4n) is 1.71.